The van der Waals surface area contributed by atoms with Gasteiger partial charge in [-0.25, -0.2) is 9.59 Å². The summed E-state index contributed by atoms with van der Waals surface area (Å²) in [5.74, 6) is -1.64. The molecule has 0 aromatic rings. The molecule has 0 spiro atoms. The number of carboxylic acid groups (broad SMARTS) is 1. The van der Waals surface area contributed by atoms with Gasteiger partial charge in [-0.3, -0.25) is 4.79 Å². The highest BCUT2D eigenvalue weighted by atomic mass is 16.4. The second-order valence-electron chi connectivity index (χ2n) is 4.75. The van der Waals surface area contributed by atoms with Crippen LogP contribution < -0.4 is 16.4 Å². The first-order chi connectivity index (χ1) is 7.64. The third-order valence-corrected chi connectivity index (χ3v) is 2.05. The van der Waals surface area contributed by atoms with Crippen LogP contribution in [0, 0.1) is 5.41 Å². The summed E-state index contributed by atoms with van der Waals surface area (Å²) >= 11 is 0. The second-order valence-corrected chi connectivity index (χ2v) is 4.75. The zero-order valence-electron chi connectivity index (χ0n) is 10.2. The Balaban J connectivity index is 4.24. The number of carbonyl (C=O) groups is 3. The lowest BCUT2D eigenvalue weighted by Gasteiger charge is -2.27. The molecule has 0 aliphatic heterocycles. The van der Waals surface area contributed by atoms with Crippen molar-refractivity contribution in [1.29, 1.82) is 0 Å². The summed E-state index contributed by atoms with van der Waals surface area (Å²) in [6, 6.07) is -1.63. The number of nitrogens with two attached hydrogens (primary N) is 1. The van der Waals surface area contributed by atoms with Crippen LogP contribution in [0.2, 0.25) is 0 Å². The van der Waals surface area contributed by atoms with Gasteiger partial charge in [0.25, 0.3) is 0 Å². The van der Waals surface area contributed by atoms with E-state index in [9.17, 15) is 14.4 Å². The summed E-state index contributed by atoms with van der Waals surface area (Å²) in [7, 11) is 0. The third-order valence-electron chi connectivity index (χ3n) is 2.05. The summed E-state index contributed by atoms with van der Waals surface area (Å²) in [6.45, 7) is 5.19. The molecular formula is C10H19N3O4. The summed E-state index contributed by atoms with van der Waals surface area (Å²) in [4.78, 5) is 32.7. The molecule has 0 aromatic heterocycles. The number of primary amides is 1. The first-order valence-corrected chi connectivity index (χ1v) is 5.20. The predicted molar refractivity (Wildman–Crippen MR) is 61.2 cm³/mol. The minimum Gasteiger partial charge on any atom is -0.480 e. The molecule has 5 N–H and O–H groups in total. The Hall–Kier alpha value is -1.79. The second kappa shape index (κ2) is 6.07. The van der Waals surface area contributed by atoms with E-state index in [0.717, 1.165) is 0 Å². The smallest absolute Gasteiger partial charge is 0.326 e. The highest BCUT2D eigenvalue weighted by Gasteiger charge is 2.32. The van der Waals surface area contributed by atoms with Gasteiger partial charge >= 0.3 is 12.0 Å². The largest absolute Gasteiger partial charge is 0.480 e. The van der Waals surface area contributed by atoms with Crippen LogP contribution in [0.4, 0.5) is 4.79 Å². The van der Waals surface area contributed by atoms with Crippen molar-refractivity contribution >= 4 is 17.9 Å². The van der Waals surface area contributed by atoms with Gasteiger partial charge in [0, 0.05) is 13.0 Å². The van der Waals surface area contributed by atoms with Crippen molar-refractivity contribution in [3.63, 3.8) is 0 Å². The van der Waals surface area contributed by atoms with Gasteiger partial charge in [0.15, 0.2) is 0 Å². The summed E-state index contributed by atoms with van der Waals surface area (Å²) in [5, 5.41) is 13.6. The van der Waals surface area contributed by atoms with Crippen LogP contribution in [0.1, 0.15) is 27.2 Å². The number of hydrogen-bond acceptors (Lipinski definition) is 3. The van der Waals surface area contributed by atoms with Crippen LogP contribution in [0.3, 0.4) is 0 Å². The molecule has 17 heavy (non-hydrogen) atoms. The lowest BCUT2D eigenvalue weighted by molar-refractivity contribution is -0.141. The zero-order valence-corrected chi connectivity index (χ0v) is 10.2. The molecule has 3 amide bonds. The number of amides is 3. The highest BCUT2D eigenvalue weighted by Crippen LogP contribution is 2.19. The molecule has 0 rings (SSSR count). The van der Waals surface area contributed by atoms with Crippen molar-refractivity contribution in [2.75, 3.05) is 6.54 Å². The Labute approximate surface area is 99.7 Å². The van der Waals surface area contributed by atoms with Crippen molar-refractivity contribution in [3.05, 3.63) is 0 Å². The number of carbonyl (C=O) groups excluding carboxylic acids is 2. The van der Waals surface area contributed by atoms with Gasteiger partial charge in [-0.15, -0.1) is 0 Å². The van der Waals surface area contributed by atoms with E-state index in [4.69, 9.17) is 10.8 Å². The summed E-state index contributed by atoms with van der Waals surface area (Å²) < 4.78 is 0. The number of rotatable bonds is 5. The van der Waals surface area contributed by atoms with E-state index in [1.807, 2.05) is 0 Å². The van der Waals surface area contributed by atoms with Gasteiger partial charge in [-0.05, 0) is 5.41 Å². The molecule has 0 aliphatic carbocycles. The molecule has 0 heterocycles. The average molecular weight is 245 g/mol. The lowest BCUT2D eigenvalue weighted by Crippen LogP contribution is -2.52. The topological polar surface area (TPSA) is 122 Å². The normalized spacial score (nSPS) is 12.6. The molecule has 0 saturated heterocycles. The van der Waals surface area contributed by atoms with Crippen molar-refractivity contribution in [2.45, 2.75) is 33.2 Å². The fourth-order valence-corrected chi connectivity index (χ4v) is 1.13. The molecule has 7 nitrogen and oxygen atoms in total. The maximum Gasteiger partial charge on any atom is 0.326 e. The van der Waals surface area contributed by atoms with E-state index >= 15 is 0 Å². The Kier molecular flexibility index (Phi) is 5.43. The molecule has 0 fully saturated rings. The molecule has 1 atom stereocenters. The molecule has 98 valence electrons. The number of nitrogens with one attached hydrogen (secondary N) is 2. The molecular weight excluding hydrogens is 226 g/mol. The number of urea groups is 1. The van der Waals surface area contributed by atoms with Gasteiger partial charge in [-0.1, -0.05) is 20.8 Å². The van der Waals surface area contributed by atoms with Crippen molar-refractivity contribution in [2.24, 2.45) is 11.1 Å². The quantitative estimate of drug-likeness (QED) is 0.529. The SMILES string of the molecule is CC(C)(C)[C@@H](NC(=O)NCCC(N)=O)C(=O)O. The maximum absolute atomic E-state index is 11.3. The van der Waals surface area contributed by atoms with Gasteiger partial charge in [0.05, 0.1) is 0 Å². The van der Waals surface area contributed by atoms with Crippen LogP contribution in [0.25, 0.3) is 0 Å². The van der Waals surface area contributed by atoms with Crippen molar-refractivity contribution < 1.29 is 19.5 Å². The molecule has 0 saturated carbocycles. The Bertz CT molecular complexity index is 309. The Morgan fingerprint density at radius 1 is 1.29 bits per heavy atom. The van der Waals surface area contributed by atoms with E-state index in [0.29, 0.717) is 0 Å². The lowest BCUT2D eigenvalue weighted by atomic mass is 9.87. The number of aliphatic carboxylic acids is 1. The number of carboxylic acids is 1. The molecule has 0 radical (unpaired) electrons. The van der Waals surface area contributed by atoms with E-state index in [2.05, 4.69) is 10.6 Å². The van der Waals surface area contributed by atoms with Crippen LogP contribution in [-0.4, -0.2) is 35.6 Å². The van der Waals surface area contributed by atoms with E-state index < -0.39 is 29.4 Å². The van der Waals surface area contributed by atoms with Gasteiger partial charge < -0.3 is 21.5 Å². The van der Waals surface area contributed by atoms with E-state index in [1.54, 1.807) is 20.8 Å². The molecule has 0 aromatic carbocycles. The minimum atomic E-state index is -1.11. The molecule has 7 heteroatoms. The summed E-state index contributed by atoms with van der Waals surface area (Å²) in [5.41, 5.74) is 4.29. The first-order valence-electron chi connectivity index (χ1n) is 5.20. The monoisotopic (exact) mass is 245 g/mol. The Morgan fingerprint density at radius 2 is 1.82 bits per heavy atom. The average Bonchev–Trinajstić information content (AvgIpc) is 2.11. The third kappa shape index (κ3) is 6.39. The first kappa shape index (κ1) is 15.2. The standard InChI is InChI=1S/C10H19N3O4/c1-10(2,3)7(8(15)16)13-9(17)12-5-4-6(11)14/h7H,4-5H2,1-3H3,(H2,11,14)(H,15,16)(H2,12,13,17)/t7-/m0/s1. The van der Waals surface area contributed by atoms with E-state index in [1.165, 1.54) is 0 Å². The van der Waals surface area contributed by atoms with Crippen LogP contribution in [0.15, 0.2) is 0 Å². The predicted octanol–water partition coefficient (Wildman–Crippen LogP) is -0.340. The highest BCUT2D eigenvalue weighted by molar-refractivity contribution is 5.83. The minimum absolute atomic E-state index is 0.0146. The zero-order chi connectivity index (χ0) is 13.6. The van der Waals surface area contributed by atoms with Crippen LogP contribution in [0.5, 0.6) is 0 Å². The van der Waals surface area contributed by atoms with Crippen molar-refractivity contribution in [3.8, 4) is 0 Å². The summed E-state index contributed by atoms with van der Waals surface area (Å²) in [6.07, 6.45) is 0.0146. The number of hydrogen-bond donors (Lipinski definition) is 4. The molecule has 0 bridgehead atoms. The van der Waals surface area contributed by atoms with Crippen LogP contribution in [-0.2, 0) is 9.59 Å². The maximum atomic E-state index is 11.3. The van der Waals surface area contributed by atoms with E-state index in [-0.39, 0.29) is 13.0 Å². The van der Waals surface area contributed by atoms with Crippen LogP contribution >= 0.6 is 0 Å². The Morgan fingerprint density at radius 3 is 2.18 bits per heavy atom. The fraction of sp³-hybridized carbons (Fsp3) is 0.700. The fourth-order valence-electron chi connectivity index (χ4n) is 1.13. The van der Waals surface area contributed by atoms with Crippen molar-refractivity contribution in [1.82, 2.24) is 10.6 Å². The van der Waals surface area contributed by atoms with Gasteiger partial charge in [-0.2, -0.15) is 0 Å². The molecule has 0 unspecified atom stereocenters. The van der Waals surface area contributed by atoms with Gasteiger partial charge in [0.2, 0.25) is 5.91 Å². The van der Waals surface area contributed by atoms with Gasteiger partial charge in [0.1, 0.15) is 6.04 Å². The molecule has 0 aliphatic rings.